The third-order valence-electron chi connectivity index (χ3n) is 4.98. The molecule has 1 fully saturated rings. The number of benzene rings is 2. The molecule has 126 valence electrons. The van der Waals surface area contributed by atoms with Crippen LogP contribution in [0.3, 0.4) is 0 Å². The molecule has 2 aromatic carbocycles. The third-order valence-corrected chi connectivity index (χ3v) is 4.98. The van der Waals surface area contributed by atoms with E-state index >= 15 is 0 Å². The van der Waals surface area contributed by atoms with Gasteiger partial charge in [-0.2, -0.15) is 0 Å². The topological polar surface area (TPSA) is 58.5 Å². The Balaban J connectivity index is 1.47. The molecule has 1 saturated carbocycles. The first kappa shape index (κ1) is 15.8. The molecule has 4 heteroatoms. The summed E-state index contributed by atoms with van der Waals surface area (Å²) in [6, 6.07) is 14.8. The maximum absolute atomic E-state index is 12.6. The number of amides is 1. The lowest BCUT2D eigenvalue weighted by molar-refractivity contribution is -0.123. The van der Waals surface area contributed by atoms with Crippen molar-refractivity contribution in [2.45, 2.75) is 32.1 Å². The van der Waals surface area contributed by atoms with E-state index in [9.17, 15) is 9.59 Å². The van der Waals surface area contributed by atoms with Gasteiger partial charge in [0, 0.05) is 23.5 Å². The summed E-state index contributed by atoms with van der Waals surface area (Å²) in [6.45, 7) is 0. The number of nitrogens with zero attached hydrogens (tertiary/aromatic N) is 1. The van der Waals surface area contributed by atoms with Crippen LogP contribution in [0.15, 0.2) is 53.5 Å². The number of amidine groups is 1. The van der Waals surface area contributed by atoms with Crippen LogP contribution in [0.25, 0.3) is 0 Å². The Labute approximate surface area is 147 Å². The molecule has 2 aliphatic rings. The van der Waals surface area contributed by atoms with Crippen molar-refractivity contribution in [3.05, 3.63) is 65.2 Å². The van der Waals surface area contributed by atoms with Crippen molar-refractivity contribution in [3.8, 4) is 0 Å². The summed E-state index contributed by atoms with van der Waals surface area (Å²) in [5.74, 6) is 0.911. The largest absolute Gasteiger partial charge is 0.314 e. The minimum absolute atomic E-state index is 0.00633. The fourth-order valence-electron chi connectivity index (χ4n) is 3.60. The number of nitrogens with one attached hydrogen (secondary N) is 1. The SMILES string of the molecule is O=C(c1ccccc1)c1ccc2c(c1)CC(NC(=O)C1CCCC1)=N2. The second-order valence-corrected chi connectivity index (χ2v) is 6.74. The van der Waals surface area contributed by atoms with Crippen molar-refractivity contribution in [2.75, 3.05) is 0 Å². The van der Waals surface area contributed by atoms with Crippen molar-refractivity contribution in [1.29, 1.82) is 0 Å². The molecule has 25 heavy (non-hydrogen) atoms. The highest BCUT2D eigenvalue weighted by molar-refractivity contribution is 6.10. The molecule has 0 spiro atoms. The molecule has 1 aliphatic carbocycles. The molecule has 1 aliphatic heterocycles. The standard InChI is InChI=1S/C21H20N2O2/c24-20(14-6-2-1-3-7-14)16-10-11-18-17(12-16)13-19(22-18)23-21(25)15-8-4-5-9-15/h1-3,6-7,10-12,15H,4-5,8-9,13H2,(H,22,23,25). The zero-order valence-electron chi connectivity index (χ0n) is 14.0. The summed E-state index contributed by atoms with van der Waals surface area (Å²) in [7, 11) is 0. The van der Waals surface area contributed by atoms with E-state index in [1.54, 1.807) is 6.07 Å². The first-order chi connectivity index (χ1) is 12.2. The first-order valence-corrected chi connectivity index (χ1v) is 8.82. The van der Waals surface area contributed by atoms with Crippen molar-refractivity contribution in [2.24, 2.45) is 10.9 Å². The maximum atomic E-state index is 12.6. The van der Waals surface area contributed by atoms with E-state index in [2.05, 4.69) is 10.3 Å². The average Bonchev–Trinajstić information content (AvgIpc) is 3.30. The van der Waals surface area contributed by atoms with Gasteiger partial charge in [0.25, 0.3) is 0 Å². The van der Waals surface area contributed by atoms with Gasteiger partial charge in [0.05, 0.1) is 5.69 Å². The lowest BCUT2D eigenvalue weighted by Gasteiger charge is -2.09. The Morgan fingerprint density at radius 3 is 2.48 bits per heavy atom. The molecular formula is C21H20N2O2. The molecule has 0 bridgehead atoms. The quantitative estimate of drug-likeness (QED) is 0.869. The minimum atomic E-state index is 0.00633. The van der Waals surface area contributed by atoms with Crippen LogP contribution >= 0.6 is 0 Å². The Morgan fingerprint density at radius 2 is 1.72 bits per heavy atom. The summed E-state index contributed by atoms with van der Waals surface area (Å²) in [6.07, 6.45) is 4.79. The lowest BCUT2D eigenvalue weighted by atomic mass is 10.00. The van der Waals surface area contributed by atoms with Gasteiger partial charge in [0.1, 0.15) is 5.84 Å². The van der Waals surface area contributed by atoms with Gasteiger partial charge in [0.15, 0.2) is 5.78 Å². The van der Waals surface area contributed by atoms with Crippen LogP contribution in [0.4, 0.5) is 5.69 Å². The van der Waals surface area contributed by atoms with Crippen LogP contribution < -0.4 is 5.32 Å². The summed E-state index contributed by atoms with van der Waals surface area (Å²) in [5.41, 5.74) is 3.16. The zero-order chi connectivity index (χ0) is 17.2. The Morgan fingerprint density at radius 1 is 0.960 bits per heavy atom. The molecular weight excluding hydrogens is 312 g/mol. The lowest BCUT2D eigenvalue weighted by Crippen LogP contribution is -2.34. The van der Waals surface area contributed by atoms with Crippen LogP contribution in [-0.2, 0) is 11.2 Å². The number of carbonyl (C=O) groups excluding carboxylic acids is 2. The highest BCUT2D eigenvalue weighted by Gasteiger charge is 2.25. The predicted molar refractivity (Wildman–Crippen MR) is 97.2 cm³/mol. The Bertz CT molecular complexity index is 849. The van der Waals surface area contributed by atoms with Crippen molar-refractivity contribution < 1.29 is 9.59 Å². The third kappa shape index (κ3) is 3.25. The van der Waals surface area contributed by atoms with Crippen LogP contribution in [0.2, 0.25) is 0 Å². The number of aliphatic imine (C=N–C) groups is 1. The second-order valence-electron chi connectivity index (χ2n) is 6.74. The Kier molecular flexibility index (Phi) is 4.18. The normalized spacial score (nSPS) is 16.4. The van der Waals surface area contributed by atoms with Crippen LogP contribution in [0.1, 0.15) is 47.2 Å². The van der Waals surface area contributed by atoms with Gasteiger partial charge in [-0.25, -0.2) is 4.99 Å². The van der Waals surface area contributed by atoms with Gasteiger partial charge >= 0.3 is 0 Å². The zero-order valence-corrected chi connectivity index (χ0v) is 14.0. The van der Waals surface area contributed by atoms with Crippen molar-refractivity contribution >= 4 is 23.2 Å². The average molecular weight is 332 g/mol. The van der Waals surface area contributed by atoms with Crippen LogP contribution in [0, 0.1) is 5.92 Å². The molecule has 4 rings (SSSR count). The summed E-state index contributed by atoms with van der Waals surface area (Å²) >= 11 is 0. The van der Waals surface area contributed by atoms with Gasteiger partial charge in [0.2, 0.25) is 5.91 Å². The van der Waals surface area contributed by atoms with E-state index in [4.69, 9.17) is 0 Å². The van der Waals surface area contributed by atoms with E-state index in [0.29, 0.717) is 23.4 Å². The number of rotatable bonds is 3. The maximum Gasteiger partial charge on any atom is 0.228 e. The number of hydrogen-bond donors (Lipinski definition) is 1. The monoisotopic (exact) mass is 332 g/mol. The molecule has 0 saturated heterocycles. The van der Waals surface area contributed by atoms with Crippen molar-refractivity contribution in [1.82, 2.24) is 5.32 Å². The smallest absolute Gasteiger partial charge is 0.228 e. The van der Waals surface area contributed by atoms with Gasteiger partial charge < -0.3 is 5.32 Å². The molecule has 1 amide bonds. The fourth-order valence-corrected chi connectivity index (χ4v) is 3.60. The number of carbonyl (C=O) groups is 2. The van der Waals surface area contributed by atoms with E-state index in [1.165, 1.54) is 0 Å². The first-order valence-electron chi connectivity index (χ1n) is 8.82. The minimum Gasteiger partial charge on any atom is -0.314 e. The molecule has 4 nitrogen and oxygen atoms in total. The molecule has 1 N–H and O–H groups in total. The number of hydrogen-bond acceptors (Lipinski definition) is 3. The van der Waals surface area contributed by atoms with Crippen LogP contribution in [0.5, 0.6) is 0 Å². The molecule has 2 aromatic rings. The number of ketones is 1. The van der Waals surface area contributed by atoms with Crippen LogP contribution in [-0.4, -0.2) is 17.5 Å². The van der Waals surface area contributed by atoms with Crippen molar-refractivity contribution in [3.63, 3.8) is 0 Å². The molecule has 1 heterocycles. The molecule has 0 unspecified atom stereocenters. The molecule has 0 aromatic heterocycles. The fraction of sp³-hybridized carbons (Fsp3) is 0.286. The second kappa shape index (κ2) is 6.63. The summed E-state index contributed by atoms with van der Waals surface area (Å²) < 4.78 is 0. The van der Waals surface area contributed by atoms with E-state index in [-0.39, 0.29) is 17.6 Å². The van der Waals surface area contributed by atoms with Gasteiger partial charge in [-0.1, -0.05) is 43.2 Å². The molecule has 0 atom stereocenters. The molecule has 0 radical (unpaired) electrons. The van der Waals surface area contributed by atoms with E-state index in [0.717, 1.165) is 36.9 Å². The highest BCUT2D eigenvalue weighted by Crippen LogP contribution is 2.29. The Hall–Kier alpha value is -2.75. The predicted octanol–water partition coefficient (Wildman–Crippen LogP) is 3.81. The van der Waals surface area contributed by atoms with E-state index < -0.39 is 0 Å². The van der Waals surface area contributed by atoms with Gasteiger partial charge in [-0.15, -0.1) is 0 Å². The van der Waals surface area contributed by atoms with Gasteiger partial charge in [-0.3, -0.25) is 9.59 Å². The number of fused-ring (bicyclic) bond motifs is 1. The summed E-state index contributed by atoms with van der Waals surface area (Å²) in [4.78, 5) is 29.3. The van der Waals surface area contributed by atoms with Gasteiger partial charge in [-0.05, 0) is 36.6 Å². The summed E-state index contributed by atoms with van der Waals surface area (Å²) in [5, 5.41) is 2.97. The highest BCUT2D eigenvalue weighted by atomic mass is 16.2. The van der Waals surface area contributed by atoms with E-state index in [1.807, 2.05) is 42.5 Å².